The number of aliphatic hydroxyl groups is 1. The topological polar surface area (TPSA) is 67.2 Å². The molecule has 0 aliphatic rings. The number of aromatic nitrogens is 2. The van der Waals surface area contributed by atoms with Crippen LogP contribution in [0.5, 0.6) is 0 Å². The molecule has 2 aromatic rings. The minimum atomic E-state index is -0.0686. The summed E-state index contributed by atoms with van der Waals surface area (Å²) >= 11 is 0. The maximum atomic E-state index is 12.1. The van der Waals surface area contributed by atoms with Crippen LogP contribution in [0.1, 0.15) is 22.5 Å². The van der Waals surface area contributed by atoms with Gasteiger partial charge in [0.1, 0.15) is 0 Å². The van der Waals surface area contributed by atoms with E-state index in [4.69, 9.17) is 5.11 Å². The molecule has 2 rings (SSSR count). The van der Waals surface area contributed by atoms with Crippen molar-refractivity contribution in [3.05, 3.63) is 46.8 Å². The number of anilines is 1. The molecule has 5 heteroatoms. The van der Waals surface area contributed by atoms with E-state index >= 15 is 0 Å². The van der Waals surface area contributed by atoms with Crippen LogP contribution in [0.25, 0.3) is 0 Å². The molecule has 0 saturated carbocycles. The van der Waals surface area contributed by atoms with Gasteiger partial charge in [-0.15, -0.1) is 0 Å². The van der Waals surface area contributed by atoms with Gasteiger partial charge in [-0.25, -0.2) is 0 Å². The van der Waals surface area contributed by atoms with Gasteiger partial charge in [0, 0.05) is 24.0 Å². The van der Waals surface area contributed by atoms with Crippen molar-refractivity contribution in [1.82, 2.24) is 9.78 Å². The van der Waals surface area contributed by atoms with Gasteiger partial charge < -0.3 is 10.4 Å². The Labute approximate surface area is 118 Å². The van der Waals surface area contributed by atoms with Crippen molar-refractivity contribution in [2.24, 2.45) is 7.05 Å². The summed E-state index contributed by atoms with van der Waals surface area (Å²) in [6.45, 7) is 3.87. The number of hydrogen-bond acceptors (Lipinski definition) is 3. The summed E-state index contributed by atoms with van der Waals surface area (Å²) < 4.78 is 1.79. The number of carbonyl (C=O) groups excluding carboxylic acids is 1. The summed E-state index contributed by atoms with van der Waals surface area (Å²) in [6.07, 6.45) is 0.313. The minimum absolute atomic E-state index is 0.00228. The first-order chi connectivity index (χ1) is 9.51. The van der Waals surface area contributed by atoms with Gasteiger partial charge in [0.05, 0.1) is 18.7 Å². The largest absolute Gasteiger partial charge is 0.392 e. The standard InChI is InChI=1S/C15H19N3O2/c1-10-14(11(2)18(3)17-10)8-15(20)16-13-6-4-12(9-19)5-7-13/h4-7,19H,8-9H2,1-3H3,(H,16,20). The van der Waals surface area contributed by atoms with E-state index in [0.29, 0.717) is 6.42 Å². The Kier molecular flexibility index (Phi) is 4.20. The van der Waals surface area contributed by atoms with Gasteiger partial charge in [-0.2, -0.15) is 5.10 Å². The summed E-state index contributed by atoms with van der Waals surface area (Å²) in [5.41, 5.74) is 4.41. The van der Waals surface area contributed by atoms with Crippen LogP contribution >= 0.6 is 0 Å². The van der Waals surface area contributed by atoms with Gasteiger partial charge in [-0.05, 0) is 31.5 Å². The van der Waals surface area contributed by atoms with Gasteiger partial charge in [-0.3, -0.25) is 9.48 Å². The van der Waals surface area contributed by atoms with Crippen LogP contribution in [0, 0.1) is 13.8 Å². The van der Waals surface area contributed by atoms with Crippen LogP contribution in [0.3, 0.4) is 0 Å². The van der Waals surface area contributed by atoms with E-state index in [-0.39, 0.29) is 12.5 Å². The zero-order valence-corrected chi connectivity index (χ0v) is 12.0. The lowest BCUT2D eigenvalue weighted by molar-refractivity contribution is -0.115. The fraction of sp³-hybridized carbons (Fsp3) is 0.333. The summed E-state index contributed by atoms with van der Waals surface area (Å²) in [5, 5.41) is 16.1. The van der Waals surface area contributed by atoms with E-state index in [1.165, 1.54) is 0 Å². The number of hydrogen-bond donors (Lipinski definition) is 2. The van der Waals surface area contributed by atoms with E-state index in [2.05, 4.69) is 10.4 Å². The second kappa shape index (κ2) is 5.88. The third-order valence-electron chi connectivity index (χ3n) is 3.42. The zero-order chi connectivity index (χ0) is 14.7. The van der Waals surface area contributed by atoms with Crippen LogP contribution in [-0.2, 0) is 24.9 Å². The maximum absolute atomic E-state index is 12.1. The van der Waals surface area contributed by atoms with Crippen molar-refractivity contribution < 1.29 is 9.90 Å². The molecule has 1 heterocycles. The van der Waals surface area contributed by atoms with Crippen LogP contribution in [-0.4, -0.2) is 20.8 Å². The number of nitrogens with one attached hydrogen (secondary N) is 1. The summed E-state index contributed by atoms with van der Waals surface area (Å²) in [7, 11) is 1.87. The quantitative estimate of drug-likeness (QED) is 0.891. The number of rotatable bonds is 4. The predicted molar refractivity (Wildman–Crippen MR) is 77.4 cm³/mol. The molecule has 0 aliphatic carbocycles. The zero-order valence-electron chi connectivity index (χ0n) is 12.0. The average Bonchev–Trinajstić information content (AvgIpc) is 2.66. The molecule has 0 aliphatic heterocycles. The molecular weight excluding hydrogens is 254 g/mol. The number of aliphatic hydroxyl groups excluding tert-OH is 1. The van der Waals surface area contributed by atoms with Crippen molar-refractivity contribution in [3.63, 3.8) is 0 Å². The second-order valence-corrected chi connectivity index (χ2v) is 4.85. The highest BCUT2D eigenvalue weighted by molar-refractivity contribution is 5.92. The van der Waals surface area contributed by atoms with Gasteiger partial charge in [0.15, 0.2) is 0 Å². The van der Waals surface area contributed by atoms with Crippen molar-refractivity contribution >= 4 is 11.6 Å². The fourth-order valence-electron chi connectivity index (χ4n) is 2.13. The first-order valence-electron chi connectivity index (χ1n) is 6.50. The molecule has 0 radical (unpaired) electrons. The molecule has 0 atom stereocenters. The van der Waals surface area contributed by atoms with Gasteiger partial charge >= 0.3 is 0 Å². The Bertz CT molecular complexity index is 615. The molecular formula is C15H19N3O2. The Morgan fingerprint density at radius 2 is 1.95 bits per heavy atom. The van der Waals surface area contributed by atoms with E-state index in [1.807, 2.05) is 20.9 Å². The molecule has 0 fully saturated rings. The van der Waals surface area contributed by atoms with Crippen molar-refractivity contribution in [3.8, 4) is 0 Å². The number of aryl methyl sites for hydroxylation is 2. The fourth-order valence-corrected chi connectivity index (χ4v) is 2.13. The molecule has 5 nitrogen and oxygen atoms in total. The highest BCUT2D eigenvalue weighted by Crippen LogP contribution is 2.14. The first kappa shape index (κ1) is 14.3. The Balaban J connectivity index is 2.05. The Morgan fingerprint density at radius 3 is 2.45 bits per heavy atom. The van der Waals surface area contributed by atoms with E-state index in [1.54, 1.807) is 28.9 Å². The Morgan fingerprint density at radius 1 is 1.30 bits per heavy atom. The molecule has 106 valence electrons. The third kappa shape index (κ3) is 3.05. The maximum Gasteiger partial charge on any atom is 0.228 e. The number of nitrogens with zero attached hydrogens (tertiary/aromatic N) is 2. The van der Waals surface area contributed by atoms with E-state index in [9.17, 15) is 4.79 Å². The highest BCUT2D eigenvalue weighted by Gasteiger charge is 2.13. The number of benzene rings is 1. The van der Waals surface area contributed by atoms with E-state index < -0.39 is 0 Å². The van der Waals surface area contributed by atoms with Crippen molar-refractivity contribution in [2.45, 2.75) is 26.9 Å². The predicted octanol–water partition coefficient (Wildman–Crippen LogP) is 1.71. The van der Waals surface area contributed by atoms with Crippen LogP contribution in [0.15, 0.2) is 24.3 Å². The minimum Gasteiger partial charge on any atom is -0.392 e. The first-order valence-corrected chi connectivity index (χ1v) is 6.50. The lowest BCUT2D eigenvalue weighted by Gasteiger charge is -2.06. The van der Waals surface area contributed by atoms with Gasteiger partial charge in [0.25, 0.3) is 0 Å². The summed E-state index contributed by atoms with van der Waals surface area (Å²) in [6, 6.07) is 7.14. The number of carbonyl (C=O) groups is 1. The normalized spacial score (nSPS) is 10.6. The molecule has 0 unspecified atom stereocenters. The molecule has 1 amide bonds. The SMILES string of the molecule is Cc1nn(C)c(C)c1CC(=O)Nc1ccc(CO)cc1. The molecule has 1 aromatic heterocycles. The van der Waals surface area contributed by atoms with Crippen LogP contribution in [0.4, 0.5) is 5.69 Å². The Hall–Kier alpha value is -2.14. The average molecular weight is 273 g/mol. The molecule has 0 bridgehead atoms. The van der Waals surface area contributed by atoms with Crippen LogP contribution < -0.4 is 5.32 Å². The molecule has 0 spiro atoms. The van der Waals surface area contributed by atoms with Crippen LogP contribution in [0.2, 0.25) is 0 Å². The highest BCUT2D eigenvalue weighted by atomic mass is 16.3. The lowest BCUT2D eigenvalue weighted by Crippen LogP contribution is -2.15. The molecule has 20 heavy (non-hydrogen) atoms. The van der Waals surface area contributed by atoms with Crippen molar-refractivity contribution in [1.29, 1.82) is 0 Å². The number of amides is 1. The summed E-state index contributed by atoms with van der Waals surface area (Å²) in [5.74, 6) is -0.0686. The molecule has 0 saturated heterocycles. The van der Waals surface area contributed by atoms with Gasteiger partial charge in [0.2, 0.25) is 5.91 Å². The molecule has 2 N–H and O–H groups in total. The van der Waals surface area contributed by atoms with Crippen molar-refractivity contribution in [2.75, 3.05) is 5.32 Å². The second-order valence-electron chi connectivity index (χ2n) is 4.85. The smallest absolute Gasteiger partial charge is 0.228 e. The lowest BCUT2D eigenvalue weighted by atomic mass is 10.1. The monoisotopic (exact) mass is 273 g/mol. The van der Waals surface area contributed by atoms with Gasteiger partial charge in [-0.1, -0.05) is 12.1 Å². The molecule has 1 aromatic carbocycles. The third-order valence-corrected chi connectivity index (χ3v) is 3.42. The van der Waals surface area contributed by atoms with E-state index in [0.717, 1.165) is 28.2 Å². The summed E-state index contributed by atoms with van der Waals surface area (Å²) in [4.78, 5) is 12.1.